The van der Waals surface area contributed by atoms with Crippen molar-refractivity contribution in [3.63, 3.8) is 0 Å². The molecule has 2 nitrogen and oxygen atoms in total. The van der Waals surface area contributed by atoms with Crippen LogP contribution in [0.15, 0.2) is 12.3 Å². The lowest BCUT2D eigenvalue weighted by atomic mass is 10.3. The van der Waals surface area contributed by atoms with Gasteiger partial charge >= 0.3 is 0 Å². The number of halogens is 1. The number of pyridine rings is 1. The molecule has 0 unspecified atom stereocenters. The normalized spacial score (nSPS) is 15.8. The zero-order valence-electron chi connectivity index (χ0n) is 7.59. The van der Waals surface area contributed by atoms with Gasteiger partial charge in [0.15, 0.2) is 5.82 Å². The fourth-order valence-electron chi connectivity index (χ4n) is 1.11. The van der Waals surface area contributed by atoms with E-state index in [-0.39, 0.29) is 11.7 Å². The summed E-state index contributed by atoms with van der Waals surface area (Å²) >= 11 is 0. The van der Waals surface area contributed by atoms with Gasteiger partial charge < -0.3 is 4.74 Å². The van der Waals surface area contributed by atoms with Gasteiger partial charge in [-0.25, -0.2) is 9.37 Å². The zero-order valence-corrected chi connectivity index (χ0v) is 7.59. The first-order valence-corrected chi connectivity index (χ1v) is 4.50. The van der Waals surface area contributed by atoms with Crippen molar-refractivity contribution in [1.29, 1.82) is 0 Å². The monoisotopic (exact) mass is 181 g/mol. The smallest absolute Gasteiger partial charge is 0.250 e. The Hall–Kier alpha value is -1.12. The van der Waals surface area contributed by atoms with E-state index in [0.29, 0.717) is 12.5 Å². The van der Waals surface area contributed by atoms with Crippen LogP contribution in [-0.4, -0.2) is 11.6 Å². The van der Waals surface area contributed by atoms with Gasteiger partial charge in [0.2, 0.25) is 5.88 Å². The number of hydrogen-bond donors (Lipinski definition) is 0. The van der Waals surface area contributed by atoms with Crippen LogP contribution in [0.3, 0.4) is 0 Å². The van der Waals surface area contributed by atoms with E-state index >= 15 is 0 Å². The van der Waals surface area contributed by atoms with E-state index in [1.165, 1.54) is 18.9 Å². The summed E-state index contributed by atoms with van der Waals surface area (Å²) in [7, 11) is 0. The van der Waals surface area contributed by atoms with Gasteiger partial charge in [0.1, 0.15) is 0 Å². The Morgan fingerprint density at radius 2 is 2.38 bits per heavy atom. The van der Waals surface area contributed by atoms with Crippen LogP contribution in [0.2, 0.25) is 0 Å². The van der Waals surface area contributed by atoms with E-state index in [4.69, 9.17) is 4.74 Å². The lowest BCUT2D eigenvalue weighted by Gasteiger charge is -2.04. The molecule has 0 saturated heterocycles. The first-order valence-electron chi connectivity index (χ1n) is 4.50. The maximum absolute atomic E-state index is 13.1. The highest BCUT2D eigenvalue weighted by atomic mass is 19.1. The second kappa shape index (κ2) is 3.32. The third-order valence-corrected chi connectivity index (χ3v) is 2.10. The highest BCUT2D eigenvalue weighted by molar-refractivity contribution is 5.19. The van der Waals surface area contributed by atoms with Crippen LogP contribution >= 0.6 is 0 Å². The van der Waals surface area contributed by atoms with E-state index in [1.807, 2.05) is 0 Å². The van der Waals surface area contributed by atoms with Crippen molar-refractivity contribution >= 4 is 0 Å². The first-order chi connectivity index (χ1) is 6.25. The minimum absolute atomic E-state index is 0.137. The Morgan fingerprint density at radius 1 is 1.62 bits per heavy atom. The predicted octanol–water partition coefficient (Wildman–Crippen LogP) is 2.32. The summed E-state index contributed by atoms with van der Waals surface area (Å²) in [5.74, 6) is 0.403. The number of aromatic nitrogens is 1. The van der Waals surface area contributed by atoms with Crippen LogP contribution in [0.4, 0.5) is 4.39 Å². The molecule has 0 amide bonds. The van der Waals surface area contributed by atoms with Crippen LogP contribution in [0.5, 0.6) is 5.88 Å². The van der Waals surface area contributed by atoms with Crippen molar-refractivity contribution in [3.8, 4) is 5.88 Å². The van der Waals surface area contributed by atoms with Crippen molar-refractivity contribution in [2.45, 2.75) is 19.8 Å². The molecule has 1 aromatic rings. The topological polar surface area (TPSA) is 22.1 Å². The van der Waals surface area contributed by atoms with E-state index in [2.05, 4.69) is 4.98 Å². The van der Waals surface area contributed by atoms with Crippen molar-refractivity contribution in [2.75, 3.05) is 6.61 Å². The van der Waals surface area contributed by atoms with Crippen molar-refractivity contribution in [1.82, 2.24) is 4.98 Å². The van der Waals surface area contributed by atoms with Gasteiger partial charge in [-0.1, -0.05) is 0 Å². The molecule has 1 saturated carbocycles. The third-order valence-electron chi connectivity index (χ3n) is 2.10. The molecule has 1 aliphatic carbocycles. The lowest BCUT2D eigenvalue weighted by molar-refractivity contribution is 0.273. The molecule has 2 rings (SSSR count). The van der Waals surface area contributed by atoms with Crippen molar-refractivity contribution in [3.05, 3.63) is 23.6 Å². The molecule has 0 N–H and O–H groups in total. The summed E-state index contributed by atoms with van der Waals surface area (Å²) in [6.07, 6.45) is 4.02. The fraction of sp³-hybridized carbons (Fsp3) is 0.500. The van der Waals surface area contributed by atoms with Crippen molar-refractivity contribution < 1.29 is 9.13 Å². The number of nitrogens with zero attached hydrogens (tertiary/aromatic N) is 1. The molecule has 0 aromatic carbocycles. The number of hydrogen-bond acceptors (Lipinski definition) is 2. The molecule has 0 atom stereocenters. The average Bonchev–Trinajstić information content (AvgIpc) is 2.86. The molecule has 3 heteroatoms. The molecule has 1 aliphatic rings. The van der Waals surface area contributed by atoms with Gasteiger partial charge in [-0.15, -0.1) is 0 Å². The van der Waals surface area contributed by atoms with Crippen LogP contribution in [0, 0.1) is 18.7 Å². The summed E-state index contributed by atoms with van der Waals surface area (Å²) in [5, 5.41) is 0. The van der Waals surface area contributed by atoms with Crippen LogP contribution in [0.25, 0.3) is 0 Å². The second-order valence-electron chi connectivity index (χ2n) is 3.55. The largest absolute Gasteiger partial charge is 0.475 e. The standard InChI is InChI=1S/C10H12FNO/c1-7-4-9(11)10(12-5-7)13-6-8-2-3-8/h4-5,8H,2-3,6H2,1H3. The third kappa shape index (κ3) is 2.17. The fourth-order valence-corrected chi connectivity index (χ4v) is 1.11. The summed E-state index contributed by atoms with van der Waals surface area (Å²) < 4.78 is 18.4. The number of rotatable bonds is 3. The molecular weight excluding hydrogens is 169 g/mol. The Bertz CT molecular complexity index is 310. The summed E-state index contributed by atoms with van der Waals surface area (Å²) in [6.45, 7) is 2.41. The Balaban J connectivity index is 2.01. The average molecular weight is 181 g/mol. The molecule has 1 heterocycles. The Kier molecular flexibility index (Phi) is 2.17. The zero-order chi connectivity index (χ0) is 9.26. The van der Waals surface area contributed by atoms with Gasteiger partial charge in [-0.3, -0.25) is 0 Å². The van der Waals surface area contributed by atoms with Gasteiger partial charge in [0, 0.05) is 6.20 Å². The minimum Gasteiger partial charge on any atom is -0.475 e. The van der Waals surface area contributed by atoms with E-state index in [9.17, 15) is 4.39 Å². The highest BCUT2D eigenvalue weighted by Gasteiger charge is 2.22. The summed E-state index contributed by atoms with van der Waals surface area (Å²) in [4.78, 5) is 3.88. The van der Waals surface area contributed by atoms with Gasteiger partial charge in [-0.05, 0) is 37.3 Å². The number of aryl methyl sites for hydroxylation is 1. The molecule has 0 bridgehead atoms. The molecule has 0 spiro atoms. The minimum atomic E-state index is -0.361. The van der Waals surface area contributed by atoms with Crippen LogP contribution in [-0.2, 0) is 0 Å². The maximum Gasteiger partial charge on any atom is 0.250 e. The van der Waals surface area contributed by atoms with Gasteiger partial charge in [0.25, 0.3) is 0 Å². The van der Waals surface area contributed by atoms with Crippen LogP contribution < -0.4 is 4.74 Å². The Labute approximate surface area is 76.7 Å². The highest BCUT2D eigenvalue weighted by Crippen LogP contribution is 2.29. The number of ether oxygens (including phenoxy) is 1. The van der Waals surface area contributed by atoms with E-state index < -0.39 is 0 Å². The quantitative estimate of drug-likeness (QED) is 0.713. The Morgan fingerprint density at radius 3 is 3.00 bits per heavy atom. The lowest BCUT2D eigenvalue weighted by Crippen LogP contribution is -2.02. The summed E-state index contributed by atoms with van der Waals surface area (Å²) in [6, 6.07) is 1.44. The first kappa shape index (κ1) is 8.48. The predicted molar refractivity (Wildman–Crippen MR) is 47.2 cm³/mol. The van der Waals surface area contributed by atoms with Gasteiger partial charge in [0.05, 0.1) is 6.61 Å². The van der Waals surface area contributed by atoms with E-state index in [1.54, 1.807) is 13.1 Å². The molecule has 13 heavy (non-hydrogen) atoms. The SMILES string of the molecule is Cc1cnc(OCC2CC2)c(F)c1. The maximum atomic E-state index is 13.1. The molecule has 0 radical (unpaired) electrons. The summed E-state index contributed by atoms with van der Waals surface area (Å²) in [5.41, 5.74) is 0.816. The van der Waals surface area contributed by atoms with Crippen molar-refractivity contribution in [2.24, 2.45) is 5.92 Å². The second-order valence-corrected chi connectivity index (χ2v) is 3.55. The van der Waals surface area contributed by atoms with E-state index in [0.717, 1.165) is 5.56 Å². The van der Waals surface area contributed by atoms with Gasteiger partial charge in [-0.2, -0.15) is 0 Å². The molecule has 1 fully saturated rings. The molecule has 0 aliphatic heterocycles. The molecule has 70 valence electrons. The molecule has 1 aromatic heterocycles. The molecular formula is C10H12FNO. The van der Waals surface area contributed by atoms with Crippen LogP contribution in [0.1, 0.15) is 18.4 Å².